The molecule has 2 heterocycles. The Morgan fingerprint density at radius 1 is 1.09 bits per heavy atom. The highest BCUT2D eigenvalue weighted by atomic mass is 32.1. The summed E-state index contributed by atoms with van der Waals surface area (Å²) in [5.74, 6) is 2.86. The molecule has 4 rings (SSSR count). The largest absolute Gasteiger partial charge is 0.455 e. The summed E-state index contributed by atoms with van der Waals surface area (Å²) in [5.41, 5.74) is 0.768. The number of nitrogens with zero attached hydrogens (tertiary/aromatic N) is 3. The Kier molecular flexibility index (Phi) is 7.23. The fourth-order valence-electron chi connectivity index (χ4n) is 4.31. The van der Waals surface area contributed by atoms with Gasteiger partial charge in [-0.25, -0.2) is 15.8 Å². The molecule has 1 aliphatic heterocycles. The maximum atomic E-state index is 13.5. The van der Waals surface area contributed by atoms with Crippen molar-refractivity contribution in [1.82, 2.24) is 9.88 Å². The minimum absolute atomic E-state index is 0.0121. The van der Waals surface area contributed by atoms with Crippen molar-refractivity contribution < 1.29 is 22.8 Å². The van der Waals surface area contributed by atoms with Crippen molar-refractivity contribution in [2.45, 2.75) is 32.4 Å². The lowest BCUT2D eigenvalue weighted by atomic mass is 9.89. The number of alkyl halides is 3. The third-order valence-corrected chi connectivity index (χ3v) is 7.26. The quantitative estimate of drug-likeness (QED) is 0.130. The second-order valence-electron chi connectivity index (χ2n) is 8.55. The van der Waals surface area contributed by atoms with E-state index in [1.165, 1.54) is 12.5 Å². The molecule has 6 nitrogen and oxygen atoms in total. The number of piperidine rings is 1. The SMILES string of the molecule is C/C(=C(\C(=O)N(N)c1nc2ccccc2s1)C(=O)C(F)(F)F)N1CCC(Cc2ccccc2)CC1. The van der Waals surface area contributed by atoms with Crippen LogP contribution in [-0.4, -0.2) is 40.8 Å². The van der Waals surface area contributed by atoms with Gasteiger partial charge in [0.25, 0.3) is 11.7 Å². The van der Waals surface area contributed by atoms with E-state index in [1.54, 1.807) is 29.2 Å². The van der Waals surface area contributed by atoms with E-state index in [1.807, 2.05) is 30.3 Å². The van der Waals surface area contributed by atoms with Crippen LogP contribution in [0, 0.1) is 5.92 Å². The minimum Gasteiger partial charge on any atom is -0.374 e. The number of ketones is 1. The molecule has 1 aromatic heterocycles. The fourth-order valence-corrected chi connectivity index (χ4v) is 5.19. The molecule has 0 atom stereocenters. The van der Waals surface area contributed by atoms with E-state index in [0.717, 1.165) is 35.3 Å². The summed E-state index contributed by atoms with van der Waals surface area (Å²) in [4.78, 5) is 31.4. The van der Waals surface area contributed by atoms with Crippen molar-refractivity contribution in [2.75, 3.05) is 18.1 Å². The zero-order valence-corrected chi connectivity index (χ0v) is 19.9. The average Bonchev–Trinajstić information content (AvgIpc) is 3.28. The number of fused-ring (bicyclic) bond motifs is 1. The molecule has 1 aliphatic rings. The first-order valence-corrected chi connectivity index (χ1v) is 12.0. The molecule has 1 fully saturated rings. The van der Waals surface area contributed by atoms with Crippen LogP contribution < -0.4 is 10.9 Å². The Bertz CT molecular complexity index is 1220. The number of hydrazine groups is 1. The number of benzene rings is 2. The summed E-state index contributed by atoms with van der Waals surface area (Å²) < 4.78 is 41.2. The highest BCUT2D eigenvalue weighted by Crippen LogP contribution is 2.32. The van der Waals surface area contributed by atoms with Gasteiger partial charge < -0.3 is 4.90 Å². The number of carbonyl (C=O) groups excluding carboxylic acids is 2. The van der Waals surface area contributed by atoms with Crippen LogP contribution in [0.4, 0.5) is 18.3 Å². The summed E-state index contributed by atoms with van der Waals surface area (Å²) in [5, 5.41) is 0.549. The molecule has 0 aliphatic carbocycles. The van der Waals surface area contributed by atoms with Crippen LogP contribution in [0.1, 0.15) is 25.3 Å². The lowest BCUT2D eigenvalue weighted by Crippen LogP contribution is -2.45. The van der Waals surface area contributed by atoms with Gasteiger partial charge >= 0.3 is 6.18 Å². The molecule has 35 heavy (non-hydrogen) atoms. The number of hydrogen-bond donors (Lipinski definition) is 1. The first kappa shape index (κ1) is 24.9. The van der Waals surface area contributed by atoms with Crippen molar-refractivity contribution in [3.8, 4) is 0 Å². The van der Waals surface area contributed by atoms with Gasteiger partial charge in [-0.05, 0) is 49.8 Å². The van der Waals surface area contributed by atoms with Crippen LogP contribution in [0.3, 0.4) is 0 Å². The van der Waals surface area contributed by atoms with Crippen LogP contribution in [0.2, 0.25) is 0 Å². The van der Waals surface area contributed by atoms with Crippen molar-refractivity contribution >= 4 is 38.4 Å². The normalized spacial score (nSPS) is 15.7. The van der Waals surface area contributed by atoms with E-state index in [-0.39, 0.29) is 10.8 Å². The Balaban J connectivity index is 1.57. The summed E-state index contributed by atoms with van der Waals surface area (Å²) in [7, 11) is 0. The number of allylic oxidation sites excluding steroid dienone is 1. The summed E-state index contributed by atoms with van der Waals surface area (Å²) in [6, 6.07) is 17.0. The number of anilines is 1. The second-order valence-corrected chi connectivity index (χ2v) is 9.56. The fraction of sp³-hybridized carbons (Fsp3) is 0.320. The minimum atomic E-state index is -5.22. The van der Waals surface area contributed by atoms with Crippen LogP contribution in [0.5, 0.6) is 0 Å². The highest BCUT2D eigenvalue weighted by Gasteiger charge is 2.46. The van der Waals surface area contributed by atoms with E-state index in [0.29, 0.717) is 29.5 Å². The molecular formula is C25H25F3N4O2S. The van der Waals surface area contributed by atoms with Gasteiger partial charge in [0.15, 0.2) is 0 Å². The second kappa shape index (κ2) is 10.2. The molecule has 2 aromatic carbocycles. The van der Waals surface area contributed by atoms with Crippen molar-refractivity contribution in [2.24, 2.45) is 11.8 Å². The lowest BCUT2D eigenvalue weighted by molar-refractivity contribution is -0.167. The molecule has 0 saturated carbocycles. The number of rotatable bonds is 6. The van der Waals surface area contributed by atoms with E-state index < -0.39 is 23.4 Å². The first-order valence-electron chi connectivity index (χ1n) is 11.2. The Labute approximate surface area is 204 Å². The van der Waals surface area contributed by atoms with Crippen LogP contribution in [0.15, 0.2) is 65.9 Å². The van der Waals surface area contributed by atoms with Gasteiger partial charge in [0.05, 0.1) is 10.2 Å². The molecule has 10 heteroatoms. The molecular weight excluding hydrogens is 477 g/mol. The molecule has 3 aromatic rings. The molecule has 0 unspecified atom stereocenters. The number of carbonyl (C=O) groups is 2. The number of likely N-dealkylation sites (tertiary alicyclic amines) is 1. The Morgan fingerprint density at radius 2 is 1.71 bits per heavy atom. The maximum Gasteiger partial charge on any atom is 0.455 e. The van der Waals surface area contributed by atoms with Gasteiger partial charge in [-0.1, -0.05) is 53.8 Å². The topological polar surface area (TPSA) is 79.5 Å². The number of amides is 1. The van der Waals surface area contributed by atoms with Gasteiger partial charge in [0, 0.05) is 18.8 Å². The number of halogens is 3. The van der Waals surface area contributed by atoms with Crippen molar-refractivity contribution in [3.05, 3.63) is 71.4 Å². The van der Waals surface area contributed by atoms with Gasteiger partial charge in [-0.3, -0.25) is 9.59 Å². The zero-order chi connectivity index (χ0) is 25.2. The number of thiazole rings is 1. The molecule has 2 N–H and O–H groups in total. The lowest BCUT2D eigenvalue weighted by Gasteiger charge is -2.35. The number of para-hydroxylation sites is 1. The van der Waals surface area contributed by atoms with E-state index >= 15 is 0 Å². The van der Waals surface area contributed by atoms with Gasteiger partial charge in [-0.2, -0.15) is 13.2 Å². The van der Waals surface area contributed by atoms with Crippen molar-refractivity contribution in [3.63, 3.8) is 0 Å². The predicted molar refractivity (Wildman–Crippen MR) is 129 cm³/mol. The first-order chi connectivity index (χ1) is 16.6. The monoisotopic (exact) mass is 502 g/mol. The van der Waals surface area contributed by atoms with E-state index in [4.69, 9.17) is 5.84 Å². The third-order valence-electron chi connectivity index (χ3n) is 6.22. The maximum absolute atomic E-state index is 13.5. The molecule has 184 valence electrons. The van der Waals surface area contributed by atoms with E-state index in [9.17, 15) is 22.8 Å². The van der Waals surface area contributed by atoms with Gasteiger partial charge in [0.2, 0.25) is 5.13 Å². The smallest absolute Gasteiger partial charge is 0.374 e. The molecule has 0 spiro atoms. The predicted octanol–water partition coefficient (Wildman–Crippen LogP) is 4.86. The standard InChI is InChI=1S/C25H25F3N4O2S/c1-16(31-13-11-18(12-14-31)15-17-7-3-2-4-8-17)21(22(33)25(26,27)28)23(34)32(29)24-30-19-9-5-6-10-20(19)35-24/h2-10,18H,11-15,29H2,1H3/b21-16+. The number of Topliss-reactive ketones (excluding diaryl/α,β-unsaturated/α-hetero) is 1. The van der Waals surface area contributed by atoms with E-state index in [2.05, 4.69) is 4.98 Å². The van der Waals surface area contributed by atoms with Crippen molar-refractivity contribution in [1.29, 1.82) is 0 Å². The summed E-state index contributed by atoms with van der Waals surface area (Å²) in [6.45, 7) is 2.26. The van der Waals surface area contributed by atoms with Crippen LogP contribution in [0.25, 0.3) is 10.2 Å². The van der Waals surface area contributed by atoms with Gasteiger partial charge in [0.1, 0.15) is 5.57 Å². The third kappa shape index (κ3) is 5.54. The molecule has 0 bridgehead atoms. The number of hydrogen-bond acceptors (Lipinski definition) is 6. The Morgan fingerprint density at radius 3 is 2.34 bits per heavy atom. The van der Waals surface area contributed by atoms with Crippen LogP contribution in [-0.2, 0) is 16.0 Å². The summed E-state index contributed by atoms with van der Waals surface area (Å²) in [6.07, 6.45) is -2.87. The molecule has 0 radical (unpaired) electrons. The summed E-state index contributed by atoms with van der Waals surface area (Å²) >= 11 is 1.06. The van der Waals surface area contributed by atoms with Crippen LogP contribution >= 0.6 is 11.3 Å². The zero-order valence-electron chi connectivity index (χ0n) is 19.1. The van der Waals surface area contributed by atoms with Gasteiger partial charge in [-0.15, -0.1) is 0 Å². The average molecular weight is 503 g/mol. The molecule has 1 amide bonds. The Hall–Kier alpha value is -3.24. The number of aromatic nitrogens is 1. The highest BCUT2D eigenvalue weighted by molar-refractivity contribution is 7.22. The number of nitrogens with two attached hydrogens (primary N) is 1. The molecule has 1 saturated heterocycles.